The molecule has 2 N–H and O–H groups in total. The topological polar surface area (TPSA) is 84.3 Å². The first-order valence-electron chi connectivity index (χ1n) is 5.74. The third-order valence-corrected chi connectivity index (χ3v) is 2.87. The molecule has 0 unspecified atom stereocenters. The Morgan fingerprint density at radius 2 is 2.32 bits per heavy atom. The molecule has 0 radical (unpaired) electrons. The van der Waals surface area contributed by atoms with Crippen molar-refractivity contribution in [1.82, 2.24) is 9.97 Å². The van der Waals surface area contributed by atoms with Crippen molar-refractivity contribution in [3.63, 3.8) is 0 Å². The van der Waals surface area contributed by atoms with Gasteiger partial charge in [-0.05, 0) is 23.2 Å². The molecule has 1 aliphatic heterocycles. The van der Waals surface area contributed by atoms with E-state index in [2.05, 4.69) is 15.3 Å². The molecule has 1 amide bonds. The van der Waals surface area contributed by atoms with Crippen molar-refractivity contribution in [3.8, 4) is 0 Å². The van der Waals surface area contributed by atoms with Gasteiger partial charge in [-0.1, -0.05) is 6.07 Å². The Balaban J connectivity index is 1.81. The zero-order valence-electron chi connectivity index (χ0n) is 9.91. The second kappa shape index (κ2) is 4.79. The Kier molecular flexibility index (Phi) is 2.98. The smallest absolute Gasteiger partial charge is 0.423 e. The molecule has 1 aromatic carbocycles. The largest absolute Gasteiger partial charge is 0.491 e. The lowest BCUT2D eigenvalue weighted by Crippen LogP contribution is -2.28. The summed E-state index contributed by atoms with van der Waals surface area (Å²) in [6, 6.07) is 5.04. The van der Waals surface area contributed by atoms with Crippen LogP contribution in [-0.2, 0) is 11.3 Å². The first-order valence-corrected chi connectivity index (χ1v) is 5.74. The Bertz CT molecular complexity index is 621. The van der Waals surface area contributed by atoms with Gasteiger partial charge in [0.05, 0.1) is 12.8 Å². The molecule has 0 aliphatic carbocycles. The molecule has 19 heavy (non-hydrogen) atoms. The van der Waals surface area contributed by atoms with Crippen molar-refractivity contribution in [2.75, 3.05) is 5.32 Å². The predicted octanol–water partition coefficient (Wildman–Crippen LogP) is -0.0534. The van der Waals surface area contributed by atoms with E-state index in [0.717, 1.165) is 5.56 Å². The molecule has 0 saturated carbocycles. The molecular weight excluding hydrogens is 245 g/mol. The molecule has 6 nitrogen and oxygen atoms in total. The van der Waals surface area contributed by atoms with E-state index in [1.807, 2.05) is 0 Å². The van der Waals surface area contributed by atoms with Crippen LogP contribution in [-0.4, -0.2) is 28.0 Å². The van der Waals surface area contributed by atoms with Crippen LogP contribution in [0, 0.1) is 0 Å². The van der Waals surface area contributed by atoms with Crippen LogP contribution in [0.5, 0.6) is 0 Å². The third-order valence-electron chi connectivity index (χ3n) is 2.87. The van der Waals surface area contributed by atoms with Gasteiger partial charge in [-0.15, -0.1) is 0 Å². The van der Waals surface area contributed by atoms with Crippen LogP contribution >= 0.6 is 0 Å². The zero-order chi connectivity index (χ0) is 13.2. The maximum Gasteiger partial charge on any atom is 0.491 e. The number of nitrogens with one attached hydrogen (secondary N) is 1. The summed E-state index contributed by atoms with van der Waals surface area (Å²) in [4.78, 5) is 19.9. The van der Waals surface area contributed by atoms with E-state index in [-0.39, 0.29) is 5.91 Å². The Morgan fingerprint density at radius 1 is 1.42 bits per heavy atom. The van der Waals surface area contributed by atoms with Gasteiger partial charge < -0.3 is 15.0 Å². The molecule has 0 atom stereocenters. The van der Waals surface area contributed by atoms with Gasteiger partial charge in [0.1, 0.15) is 0 Å². The monoisotopic (exact) mass is 255 g/mol. The Hall–Kier alpha value is -2.25. The molecule has 3 rings (SSSR count). The number of amides is 1. The van der Waals surface area contributed by atoms with Crippen LogP contribution in [0.1, 0.15) is 15.9 Å². The van der Waals surface area contributed by atoms with E-state index < -0.39 is 7.12 Å². The number of fused-ring (bicyclic) bond motifs is 1. The first-order chi connectivity index (χ1) is 9.24. The number of benzene rings is 1. The summed E-state index contributed by atoms with van der Waals surface area (Å²) in [7, 11) is -0.896. The van der Waals surface area contributed by atoms with Gasteiger partial charge in [-0.3, -0.25) is 9.78 Å². The van der Waals surface area contributed by atoms with E-state index in [1.54, 1.807) is 18.2 Å². The van der Waals surface area contributed by atoms with Crippen LogP contribution in [0.4, 0.5) is 5.82 Å². The van der Waals surface area contributed by atoms with Crippen molar-refractivity contribution in [2.24, 2.45) is 0 Å². The summed E-state index contributed by atoms with van der Waals surface area (Å²) in [5.74, 6) is 0.119. The maximum atomic E-state index is 12.0. The van der Waals surface area contributed by atoms with Gasteiger partial charge in [-0.2, -0.15) is 0 Å². The summed E-state index contributed by atoms with van der Waals surface area (Å²) in [6.45, 7) is 0.308. The molecule has 0 bridgehead atoms. The molecule has 2 heterocycles. The number of hydrogen-bond donors (Lipinski definition) is 2. The summed E-state index contributed by atoms with van der Waals surface area (Å²) >= 11 is 0. The third kappa shape index (κ3) is 2.33. The lowest BCUT2D eigenvalue weighted by atomic mass is 9.79. The second-order valence-electron chi connectivity index (χ2n) is 4.12. The van der Waals surface area contributed by atoms with E-state index in [4.69, 9.17) is 4.65 Å². The number of hydrogen-bond acceptors (Lipinski definition) is 5. The fraction of sp³-hybridized carbons (Fsp3) is 0.0833. The van der Waals surface area contributed by atoms with Crippen molar-refractivity contribution in [1.29, 1.82) is 0 Å². The first kappa shape index (κ1) is 11.8. The standard InChI is InChI=1S/C12H10BN3O3/c17-12(16-11-6-14-3-4-15-11)8-1-2-10-9(5-8)7-19-13(10)18/h1-6,18H,7H2,(H,15,16,17). The average molecular weight is 255 g/mol. The summed E-state index contributed by atoms with van der Waals surface area (Å²) in [5, 5.41) is 12.1. The highest BCUT2D eigenvalue weighted by atomic mass is 16.5. The molecule has 94 valence electrons. The van der Waals surface area contributed by atoms with E-state index in [0.29, 0.717) is 23.5 Å². The lowest BCUT2D eigenvalue weighted by molar-refractivity contribution is 0.102. The number of nitrogens with zero attached hydrogens (tertiary/aromatic N) is 2. The van der Waals surface area contributed by atoms with Gasteiger partial charge >= 0.3 is 7.12 Å². The zero-order valence-corrected chi connectivity index (χ0v) is 9.91. The summed E-state index contributed by atoms with van der Waals surface area (Å²) < 4.78 is 5.08. The molecule has 7 heteroatoms. The van der Waals surface area contributed by atoms with E-state index >= 15 is 0 Å². The molecule has 2 aromatic rings. The highest BCUT2D eigenvalue weighted by molar-refractivity contribution is 6.61. The highest BCUT2D eigenvalue weighted by Crippen LogP contribution is 2.13. The van der Waals surface area contributed by atoms with E-state index in [9.17, 15) is 9.82 Å². The van der Waals surface area contributed by atoms with Gasteiger partial charge in [-0.25, -0.2) is 4.98 Å². The number of carbonyl (C=O) groups excluding carboxylic acids is 1. The normalized spacial score (nSPS) is 13.2. The summed E-state index contributed by atoms with van der Waals surface area (Å²) in [6.07, 6.45) is 4.50. The van der Waals surface area contributed by atoms with Crippen LogP contribution in [0.25, 0.3) is 0 Å². The van der Waals surface area contributed by atoms with Crippen LogP contribution < -0.4 is 10.8 Å². The van der Waals surface area contributed by atoms with Crippen LogP contribution in [0.2, 0.25) is 0 Å². The fourth-order valence-electron chi connectivity index (χ4n) is 1.92. The van der Waals surface area contributed by atoms with Crippen LogP contribution in [0.15, 0.2) is 36.8 Å². The number of aromatic nitrogens is 2. The lowest BCUT2D eigenvalue weighted by Gasteiger charge is -2.05. The average Bonchev–Trinajstić information content (AvgIpc) is 2.81. The maximum absolute atomic E-state index is 12.0. The fourth-order valence-corrected chi connectivity index (χ4v) is 1.92. The quantitative estimate of drug-likeness (QED) is 0.735. The Morgan fingerprint density at radius 3 is 3.11 bits per heavy atom. The van der Waals surface area contributed by atoms with Gasteiger partial charge in [0.15, 0.2) is 5.82 Å². The predicted molar refractivity (Wildman–Crippen MR) is 68.8 cm³/mol. The van der Waals surface area contributed by atoms with Crippen molar-refractivity contribution < 1.29 is 14.5 Å². The number of rotatable bonds is 2. The van der Waals surface area contributed by atoms with Gasteiger partial charge in [0.2, 0.25) is 0 Å². The number of anilines is 1. The second-order valence-corrected chi connectivity index (χ2v) is 4.12. The minimum absolute atomic E-state index is 0.273. The molecule has 1 aromatic heterocycles. The van der Waals surface area contributed by atoms with Gasteiger partial charge in [0, 0.05) is 18.0 Å². The molecular formula is C12H10BN3O3. The highest BCUT2D eigenvalue weighted by Gasteiger charge is 2.27. The SMILES string of the molecule is O=C(Nc1cnccn1)c1ccc2c(c1)COB2O. The van der Waals surface area contributed by atoms with E-state index in [1.165, 1.54) is 18.6 Å². The minimum Gasteiger partial charge on any atom is -0.423 e. The van der Waals surface area contributed by atoms with Crippen LogP contribution in [0.3, 0.4) is 0 Å². The number of carbonyl (C=O) groups is 1. The van der Waals surface area contributed by atoms with Crippen molar-refractivity contribution in [3.05, 3.63) is 47.9 Å². The van der Waals surface area contributed by atoms with Crippen molar-refractivity contribution >= 4 is 24.3 Å². The molecule has 1 aliphatic rings. The molecule has 0 spiro atoms. The Labute approximate surface area is 109 Å². The van der Waals surface area contributed by atoms with Gasteiger partial charge in [0.25, 0.3) is 5.91 Å². The molecule has 0 saturated heterocycles. The summed E-state index contributed by atoms with van der Waals surface area (Å²) in [5.41, 5.74) is 2.01. The minimum atomic E-state index is -0.896. The molecule has 0 fully saturated rings. The van der Waals surface area contributed by atoms with Crippen molar-refractivity contribution in [2.45, 2.75) is 6.61 Å².